The maximum absolute atomic E-state index is 16.5. The summed E-state index contributed by atoms with van der Waals surface area (Å²) in [5.74, 6) is -2.53. The summed E-state index contributed by atoms with van der Waals surface area (Å²) in [6.45, 7) is 1.64. The Hall–Kier alpha value is -5.84. The molecule has 4 aromatic rings. The van der Waals surface area contributed by atoms with E-state index in [-0.39, 0.29) is 52.3 Å². The van der Waals surface area contributed by atoms with Crippen molar-refractivity contribution in [2.75, 3.05) is 25.1 Å². The summed E-state index contributed by atoms with van der Waals surface area (Å²) >= 11 is 0. The van der Waals surface area contributed by atoms with E-state index in [2.05, 4.69) is 15.0 Å². The Morgan fingerprint density at radius 2 is 1.83 bits per heavy atom. The number of carbonyl (C=O) groups excluding carboxylic acids is 2. The molecule has 11 nitrogen and oxygen atoms in total. The highest BCUT2D eigenvalue weighted by atomic mass is 19.1. The first-order chi connectivity index (χ1) is 23.3. The van der Waals surface area contributed by atoms with Crippen molar-refractivity contribution in [3.8, 4) is 39.8 Å². The number of hydrogen-bond acceptors (Lipinski definition) is 10. The summed E-state index contributed by atoms with van der Waals surface area (Å²) in [5.41, 5.74) is 3.90. The van der Waals surface area contributed by atoms with Gasteiger partial charge in [0.05, 0.1) is 12.7 Å². The maximum atomic E-state index is 16.5. The van der Waals surface area contributed by atoms with Crippen LogP contribution in [0.2, 0.25) is 0 Å². The number of phenolic OH excluding ortho intramolecular Hbond substituents is 1. The number of anilines is 1. The van der Waals surface area contributed by atoms with Crippen LogP contribution < -0.4 is 20.4 Å². The largest absolute Gasteiger partial charge is 0.504 e. The number of ether oxygens (including phenoxy) is 2. The minimum Gasteiger partial charge on any atom is -0.504 e. The number of phenols is 1. The number of benzene rings is 3. The van der Waals surface area contributed by atoms with Gasteiger partial charge in [-0.1, -0.05) is 36.4 Å². The molecule has 2 heterocycles. The van der Waals surface area contributed by atoms with Crippen LogP contribution in [0.4, 0.5) is 14.6 Å². The van der Waals surface area contributed by atoms with Crippen LogP contribution in [0.3, 0.4) is 0 Å². The van der Waals surface area contributed by atoms with Crippen LogP contribution in [0, 0.1) is 23.0 Å². The first-order valence-corrected chi connectivity index (χ1v) is 14.9. The van der Waals surface area contributed by atoms with Crippen molar-refractivity contribution in [2.45, 2.75) is 25.4 Å². The summed E-state index contributed by atoms with van der Waals surface area (Å²) in [4.78, 5) is 28.6. The fraction of sp³-hybridized carbons (Fsp3) is 0.200. The van der Waals surface area contributed by atoms with E-state index in [0.717, 1.165) is 11.6 Å². The van der Waals surface area contributed by atoms with Gasteiger partial charge in [0.2, 0.25) is 0 Å². The van der Waals surface area contributed by atoms with Crippen LogP contribution in [0.5, 0.6) is 11.5 Å². The Kier molecular flexibility index (Phi) is 10.6. The van der Waals surface area contributed by atoms with Crippen LogP contribution in [0.15, 0.2) is 72.6 Å². The van der Waals surface area contributed by atoms with Crippen LogP contribution in [-0.4, -0.2) is 53.9 Å². The average molecular weight is 656 g/mol. The lowest BCUT2D eigenvalue weighted by Gasteiger charge is -2.34. The Morgan fingerprint density at radius 3 is 2.46 bits per heavy atom. The molecule has 1 aliphatic rings. The molecule has 3 aromatic carbocycles. The highest BCUT2D eigenvalue weighted by Crippen LogP contribution is 2.40. The molecule has 1 fully saturated rings. The molecule has 1 aliphatic heterocycles. The second kappa shape index (κ2) is 15.2. The number of nitrogens with zero attached hydrogens (tertiary/aromatic N) is 3. The third-order valence-electron chi connectivity index (χ3n) is 8.04. The smallest absolute Gasteiger partial charge is 0.310 e. The molecule has 5 rings (SSSR count). The third kappa shape index (κ3) is 7.41. The van der Waals surface area contributed by atoms with Crippen molar-refractivity contribution in [2.24, 2.45) is 0 Å². The van der Waals surface area contributed by atoms with Gasteiger partial charge in [-0.2, -0.15) is 5.26 Å². The summed E-state index contributed by atoms with van der Waals surface area (Å²) in [6, 6.07) is 17.6. The summed E-state index contributed by atoms with van der Waals surface area (Å²) in [6.07, 6.45) is 4.20. The number of pyridine rings is 1. The summed E-state index contributed by atoms with van der Waals surface area (Å²) in [7, 11) is 1.42. The molecule has 0 atom stereocenters. The minimum atomic E-state index is -0.956. The Bertz CT molecular complexity index is 1890. The van der Waals surface area contributed by atoms with Crippen molar-refractivity contribution in [1.29, 1.82) is 5.26 Å². The predicted molar refractivity (Wildman–Crippen MR) is 172 cm³/mol. The second-order valence-corrected chi connectivity index (χ2v) is 10.9. The first kappa shape index (κ1) is 33.5. The van der Waals surface area contributed by atoms with Gasteiger partial charge in [-0.15, -0.1) is 0 Å². The van der Waals surface area contributed by atoms with Crippen molar-refractivity contribution in [1.82, 2.24) is 15.8 Å². The number of halogens is 2. The van der Waals surface area contributed by atoms with Gasteiger partial charge in [0.15, 0.2) is 28.9 Å². The van der Waals surface area contributed by atoms with Gasteiger partial charge in [0, 0.05) is 43.0 Å². The number of carbonyl (C=O) groups is 2. The fourth-order valence-electron chi connectivity index (χ4n) is 5.52. The number of rotatable bonds is 11. The predicted octanol–water partition coefficient (Wildman–Crippen LogP) is 5.06. The quantitative estimate of drug-likeness (QED) is 0.0566. The zero-order valence-electron chi connectivity index (χ0n) is 25.7. The van der Waals surface area contributed by atoms with E-state index in [1.807, 2.05) is 17.0 Å². The minimum absolute atomic E-state index is 0.0910. The van der Waals surface area contributed by atoms with Crippen LogP contribution in [0.1, 0.15) is 29.5 Å². The second-order valence-electron chi connectivity index (χ2n) is 10.9. The number of piperidine rings is 1. The number of aromatic hydroxyl groups is 1. The Morgan fingerprint density at radius 1 is 1.10 bits per heavy atom. The van der Waals surface area contributed by atoms with Gasteiger partial charge < -0.3 is 24.8 Å². The monoisotopic (exact) mass is 655 g/mol. The SMILES string of the molecule is COc1ccc(-c2cnc(N3CCC(NCc4ccc(/C=C(/OC=O)C(=O)NO)cc4)CC3)c(F)c2-c2ccc(C#N)c(F)c2)cc1O. The van der Waals surface area contributed by atoms with Gasteiger partial charge >= 0.3 is 5.91 Å². The van der Waals surface area contributed by atoms with Gasteiger partial charge in [-0.05, 0) is 65.4 Å². The van der Waals surface area contributed by atoms with Crippen molar-refractivity contribution < 1.29 is 38.2 Å². The molecule has 0 bridgehead atoms. The number of nitriles is 1. The topological polar surface area (TPSA) is 157 Å². The molecule has 0 saturated carbocycles. The molecule has 0 spiro atoms. The molecule has 1 aromatic heterocycles. The molecule has 0 unspecified atom stereocenters. The van der Waals surface area contributed by atoms with E-state index in [1.54, 1.807) is 30.3 Å². The molecule has 4 N–H and O–H groups in total. The van der Waals surface area contributed by atoms with Crippen molar-refractivity contribution >= 4 is 24.3 Å². The molecule has 48 heavy (non-hydrogen) atoms. The van der Waals surface area contributed by atoms with E-state index in [4.69, 9.17) is 9.94 Å². The number of amides is 1. The van der Waals surface area contributed by atoms with Gasteiger partial charge in [-0.3, -0.25) is 14.8 Å². The number of hydroxylamine groups is 1. The maximum Gasteiger partial charge on any atom is 0.310 e. The lowest BCUT2D eigenvalue weighted by molar-refractivity contribution is -0.135. The number of methoxy groups -OCH3 is 1. The molecule has 1 saturated heterocycles. The molecular weight excluding hydrogens is 624 g/mol. The fourth-order valence-corrected chi connectivity index (χ4v) is 5.52. The van der Waals surface area contributed by atoms with E-state index in [9.17, 15) is 24.3 Å². The normalized spacial score (nSPS) is 13.5. The van der Waals surface area contributed by atoms with Gasteiger partial charge in [-0.25, -0.2) is 19.2 Å². The molecule has 13 heteroatoms. The van der Waals surface area contributed by atoms with Crippen molar-refractivity contribution in [3.05, 3.63) is 101 Å². The Balaban J connectivity index is 1.31. The number of aromatic nitrogens is 1. The first-order valence-electron chi connectivity index (χ1n) is 14.9. The van der Waals surface area contributed by atoms with E-state index in [1.165, 1.54) is 43.1 Å². The van der Waals surface area contributed by atoms with Crippen LogP contribution >= 0.6 is 0 Å². The molecular formula is C35H31F2N5O6. The van der Waals surface area contributed by atoms with Crippen molar-refractivity contribution in [3.63, 3.8) is 0 Å². The molecule has 0 aliphatic carbocycles. The zero-order chi connectivity index (χ0) is 34.2. The lowest BCUT2D eigenvalue weighted by Crippen LogP contribution is -2.43. The highest BCUT2D eigenvalue weighted by molar-refractivity contribution is 5.96. The molecule has 0 radical (unpaired) electrons. The molecule has 246 valence electrons. The van der Waals surface area contributed by atoms with Crippen LogP contribution in [0.25, 0.3) is 28.3 Å². The average Bonchev–Trinajstić information content (AvgIpc) is 3.10. The van der Waals surface area contributed by atoms with E-state index >= 15 is 4.39 Å². The molecule has 1 amide bonds. The summed E-state index contributed by atoms with van der Waals surface area (Å²) < 4.78 is 40.9. The van der Waals surface area contributed by atoms with Gasteiger partial charge in [0.1, 0.15) is 11.9 Å². The number of hydrogen-bond donors (Lipinski definition) is 4. The van der Waals surface area contributed by atoms with E-state index < -0.39 is 17.5 Å². The van der Waals surface area contributed by atoms with E-state index in [0.29, 0.717) is 49.2 Å². The van der Waals surface area contributed by atoms with Crippen LogP contribution in [-0.2, 0) is 20.9 Å². The zero-order valence-corrected chi connectivity index (χ0v) is 25.7. The standard InChI is InChI=1S/C35H31F2N5O6/c1-47-30-9-8-23(16-29(30)44)27-19-40-34(33(37)32(27)24-6-7-25(17-38)28(36)15-24)42-12-10-26(11-13-42)39-18-22-4-2-21(3-5-22)14-31(48-20-43)35(45)41-46/h2-9,14-16,19-20,26,39,44,46H,10-13,18H2,1H3,(H,41,45)/b31-14+. The third-order valence-corrected chi connectivity index (χ3v) is 8.04. The highest BCUT2D eigenvalue weighted by Gasteiger charge is 2.26. The van der Waals surface area contributed by atoms with Gasteiger partial charge in [0.25, 0.3) is 6.47 Å². The Labute approximate surface area is 274 Å². The lowest BCUT2D eigenvalue weighted by atomic mass is 9.94. The number of nitrogens with one attached hydrogen (secondary N) is 2. The summed E-state index contributed by atoms with van der Waals surface area (Å²) in [5, 5.41) is 31.9.